The average Bonchev–Trinajstić information content (AvgIpc) is 2.71. The van der Waals surface area contributed by atoms with Gasteiger partial charge in [-0.15, -0.1) is 0 Å². The predicted molar refractivity (Wildman–Crippen MR) is 90.7 cm³/mol. The first-order chi connectivity index (χ1) is 12.2. The quantitative estimate of drug-likeness (QED) is 0.463. The summed E-state index contributed by atoms with van der Waals surface area (Å²) in [5.41, 5.74) is -2.29. The molecule has 1 spiro atoms. The van der Waals surface area contributed by atoms with Crippen LogP contribution in [0.2, 0.25) is 0 Å². The Kier molecular flexibility index (Phi) is 3.31. The molecule has 5 aliphatic rings. The van der Waals surface area contributed by atoms with Crippen LogP contribution >= 0.6 is 0 Å². The van der Waals surface area contributed by atoms with E-state index >= 15 is 0 Å². The van der Waals surface area contributed by atoms with Gasteiger partial charge in [0.15, 0.2) is 12.1 Å². The van der Waals surface area contributed by atoms with Gasteiger partial charge in [0.2, 0.25) is 0 Å². The molecule has 1 saturated heterocycles. The van der Waals surface area contributed by atoms with E-state index in [9.17, 15) is 25.2 Å². The van der Waals surface area contributed by atoms with Crippen LogP contribution in [0.5, 0.6) is 0 Å². The fourth-order valence-electron chi connectivity index (χ4n) is 7.83. The van der Waals surface area contributed by atoms with Gasteiger partial charge in [0.05, 0.1) is 35.7 Å². The molecule has 0 aromatic heterocycles. The van der Waals surface area contributed by atoms with E-state index in [0.29, 0.717) is 31.4 Å². The van der Waals surface area contributed by atoms with Gasteiger partial charge in [0, 0.05) is 5.92 Å². The number of hydrogen-bond donors (Lipinski definition) is 4. The molecule has 144 valence electrons. The van der Waals surface area contributed by atoms with Crippen molar-refractivity contribution >= 4 is 5.78 Å². The summed E-state index contributed by atoms with van der Waals surface area (Å²) in [5.74, 6) is -1.30. The summed E-state index contributed by atoms with van der Waals surface area (Å²) in [5, 5.41) is 44.4. The number of ketones is 1. The lowest BCUT2D eigenvalue weighted by atomic mass is 9.37. The first kappa shape index (κ1) is 17.3. The van der Waals surface area contributed by atoms with Gasteiger partial charge in [0.1, 0.15) is 0 Å². The molecule has 5 fully saturated rings. The van der Waals surface area contributed by atoms with Gasteiger partial charge in [-0.05, 0) is 54.9 Å². The molecule has 4 saturated carbocycles. The molecule has 5 rings (SSSR count). The van der Waals surface area contributed by atoms with Crippen molar-refractivity contribution in [3.05, 3.63) is 12.2 Å². The summed E-state index contributed by atoms with van der Waals surface area (Å²) in [4.78, 5) is 13.3. The summed E-state index contributed by atoms with van der Waals surface area (Å²) < 4.78 is 5.76. The van der Waals surface area contributed by atoms with E-state index in [0.717, 1.165) is 6.42 Å². The molecule has 4 bridgehead atoms. The molecule has 0 amide bonds. The first-order valence-corrected chi connectivity index (χ1v) is 9.79. The third-order valence-corrected chi connectivity index (χ3v) is 8.97. The van der Waals surface area contributed by atoms with Crippen LogP contribution < -0.4 is 0 Å². The number of hydrogen-bond acceptors (Lipinski definition) is 6. The van der Waals surface area contributed by atoms with E-state index < -0.39 is 41.3 Å². The molecule has 26 heavy (non-hydrogen) atoms. The van der Waals surface area contributed by atoms with Gasteiger partial charge in [-0.2, -0.15) is 0 Å². The smallest absolute Gasteiger partial charge is 0.170 e. The van der Waals surface area contributed by atoms with Gasteiger partial charge in [-0.1, -0.05) is 13.5 Å². The van der Waals surface area contributed by atoms with Gasteiger partial charge >= 0.3 is 0 Å². The summed E-state index contributed by atoms with van der Waals surface area (Å²) in [7, 11) is 0. The minimum Gasteiger partial charge on any atom is -0.392 e. The second-order valence-electron chi connectivity index (χ2n) is 9.64. The maximum atomic E-state index is 13.3. The number of Topliss-reactive ketones (excluding diaryl/α,β-unsaturated/α-hetero) is 1. The van der Waals surface area contributed by atoms with E-state index in [1.807, 2.05) is 0 Å². The zero-order valence-corrected chi connectivity index (χ0v) is 15.1. The zero-order valence-electron chi connectivity index (χ0n) is 15.1. The van der Waals surface area contributed by atoms with Gasteiger partial charge in [0.25, 0.3) is 0 Å². The van der Waals surface area contributed by atoms with Crippen LogP contribution in [0.4, 0.5) is 0 Å². The van der Waals surface area contributed by atoms with Crippen molar-refractivity contribution < 1.29 is 30.0 Å². The predicted octanol–water partition coefficient (Wildman–Crippen LogP) is 0.376. The van der Waals surface area contributed by atoms with E-state index in [2.05, 4.69) is 13.5 Å². The van der Waals surface area contributed by atoms with Crippen LogP contribution in [0.3, 0.4) is 0 Å². The summed E-state index contributed by atoms with van der Waals surface area (Å²) >= 11 is 0. The van der Waals surface area contributed by atoms with Crippen LogP contribution in [0, 0.1) is 34.0 Å². The number of ether oxygens (including phenoxy) is 1. The van der Waals surface area contributed by atoms with Gasteiger partial charge in [-0.25, -0.2) is 0 Å². The number of carbonyl (C=O) groups is 1. The van der Waals surface area contributed by atoms with Crippen LogP contribution in [0.25, 0.3) is 0 Å². The standard InChI is InChI=1S/C20H28O6/c1-9-10-3-4-11-19-12(7-14(22)20(11,15(9)23)16(10)24)18(2,6-5-13(19)21)8-26-17(19)25/h10-14,16-17,21-22,24-25H,1,3-8H2,2H3/t10-,11-,12+,13-,14+,16+,17?,18-,19+,20-/m0/s1. The van der Waals surface area contributed by atoms with E-state index in [1.54, 1.807) is 0 Å². The Hall–Kier alpha value is -0.790. The minimum atomic E-state index is -1.38. The van der Waals surface area contributed by atoms with Crippen molar-refractivity contribution in [3.8, 4) is 0 Å². The van der Waals surface area contributed by atoms with Crippen molar-refractivity contribution in [2.75, 3.05) is 6.61 Å². The highest BCUT2D eigenvalue weighted by atomic mass is 16.6. The van der Waals surface area contributed by atoms with Crippen LogP contribution in [0.15, 0.2) is 12.2 Å². The normalized spacial score (nSPS) is 61.2. The minimum absolute atomic E-state index is 0.154. The van der Waals surface area contributed by atoms with Crippen LogP contribution in [0.1, 0.15) is 39.0 Å². The van der Waals surface area contributed by atoms with E-state index in [-0.39, 0.29) is 29.5 Å². The largest absolute Gasteiger partial charge is 0.392 e. The third kappa shape index (κ3) is 1.54. The molecular weight excluding hydrogens is 336 g/mol. The molecule has 0 aromatic rings. The van der Waals surface area contributed by atoms with Gasteiger partial charge in [-0.3, -0.25) is 4.79 Å². The number of aliphatic hydroxyl groups excluding tert-OH is 4. The molecule has 0 aromatic carbocycles. The van der Waals surface area contributed by atoms with E-state index in [4.69, 9.17) is 4.74 Å². The molecule has 10 atom stereocenters. The van der Waals surface area contributed by atoms with Crippen LogP contribution in [-0.2, 0) is 9.53 Å². The molecule has 6 heteroatoms. The zero-order chi connectivity index (χ0) is 18.6. The molecule has 6 nitrogen and oxygen atoms in total. The molecule has 4 N–H and O–H groups in total. The Morgan fingerprint density at radius 1 is 1.08 bits per heavy atom. The Labute approximate surface area is 152 Å². The summed E-state index contributed by atoms with van der Waals surface area (Å²) in [6.07, 6.45) is -1.32. The van der Waals surface area contributed by atoms with Gasteiger partial charge < -0.3 is 25.2 Å². The van der Waals surface area contributed by atoms with Crippen LogP contribution in [-0.4, -0.2) is 57.4 Å². The highest BCUT2D eigenvalue weighted by Crippen LogP contribution is 2.73. The topological polar surface area (TPSA) is 107 Å². The van der Waals surface area contributed by atoms with Crippen molar-refractivity contribution in [2.24, 2.45) is 34.0 Å². The second-order valence-corrected chi connectivity index (χ2v) is 9.64. The lowest BCUT2D eigenvalue weighted by Gasteiger charge is -2.70. The fraction of sp³-hybridized carbons (Fsp3) is 0.850. The lowest BCUT2D eigenvalue weighted by Crippen LogP contribution is -2.76. The van der Waals surface area contributed by atoms with Crippen molar-refractivity contribution in [1.82, 2.24) is 0 Å². The Morgan fingerprint density at radius 3 is 2.54 bits per heavy atom. The Morgan fingerprint density at radius 2 is 1.81 bits per heavy atom. The number of rotatable bonds is 0. The third-order valence-electron chi connectivity index (χ3n) is 8.97. The molecule has 1 heterocycles. The monoisotopic (exact) mass is 364 g/mol. The highest BCUT2D eigenvalue weighted by Gasteiger charge is 2.79. The molecule has 1 aliphatic heterocycles. The molecule has 1 unspecified atom stereocenters. The number of aliphatic hydroxyl groups is 4. The van der Waals surface area contributed by atoms with Crippen molar-refractivity contribution in [3.63, 3.8) is 0 Å². The lowest BCUT2D eigenvalue weighted by molar-refractivity contribution is -0.369. The average molecular weight is 364 g/mol. The summed E-state index contributed by atoms with van der Waals surface area (Å²) in [6, 6.07) is 0. The van der Waals surface area contributed by atoms with E-state index in [1.165, 1.54) is 0 Å². The molecular formula is C20H28O6. The maximum absolute atomic E-state index is 13.3. The van der Waals surface area contributed by atoms with Crippen molar-refractivity contribution in [1.29, 1.82) is 0 Å². The highest BCUT2D eigenvalue weighted by molar-refractivity contribution is 6.04. The molecule has 4 aliphatic carbocycles. The van der Waals surface area contributed by atoms with Crippen molar-refractivity contribution in [2.45, 2.75) is 63.6 Å². The number of carbonyl (C=O) groups excluding carboxylic acids is 1. The fourth-order valence-corrected chi connectivity index (χ4v) is 7.83. The number of fused-ring (bicyclic) bond motifs is 1. The maximum Gasteiger partial charge on any atom is 0.170 e. The molecule has 0 radical (unpaired) electrons. The SMILES string of the molecule is C=C1C(=O)[C@@]23[C@H](O)C[C@@H]4[C@@]5(C)CC[C@H](O)[C@@]4(C(O)OC5)[C@@H]2CC[C@@H]1[C@H]3O. The Bertz CT molecular complexity index is 674. The Balaban J connectivity index is 1.76. The second kappa shape index (κ2) is 4.97. The first-order valence-electron chi connectivity index (χ1n) is 9.79. The summed E-state index contributed by atoms with van der Waals surface area (Å²) in [6.45, 7) is 6.38.